The number of benzene rings is 2. The predicted molar refractivity (Wildman–Crippen MR) is 147 cm³/mol. The zero-order valence-electron chi connectivity index (χ0n) is 21.3. The second kappa shape index (κ2) is 11.5. The first-order valence-electron chi connectivity index (χ1n) is 11.9. The lowest BCUT2D eigenvalue weighted by molar-refractivity contribution is -0.118. The molecule has 1 atom stereocenters. The number of nitrogens with zero attached hydrogens (tertiary/aromatic N) is 1. The van der Waals surface area contributed by atoms with Gasteiger partial charge in [-0.3, -0.25) is 4.79 Å². The Morgan fingerprint density at radius 2 is 1.60 bits per heavy atom. The van der Waals surface area contributed by atoms with E-state index in [0.29, 0.717) is 24.5 Å². The van der Waals surface area contributed by atoms with E-state index in [4.69, 9.17) is 9.84 Å². The summed E-state index contributed by atoms with van der Waals surface area (Å²) >= 11 is 0. The molecule has 0 unspecified atom stereocenters. The zero-order chi connectivity index (χ0) is 25.5. The number of aryl methyl sites for hydroxylation is 1. The summed E-state index contributed by atoms with van der Waals surface area (Å²) < 4.78 is 6.92. The zero-order valence-corrected chi connectivity index (χ0v) is 22.3. The van der Waals surface area contributed by atoms with Gasteiger partial charge < -0.3 is 20.5 Å². The van der Waals surface area contributed by atoms with E-state index in [2.05, 4.69) is 84.9 Å². The molecule has 7 heteroatoms. The first-order valence-corrected chi connectivity index (χ1v) is 13.8. The van der Waals surface area contributed by atoms with Crippen LogP contribution in [0, 0.1) is 12.3 Å². The molecule has 35 heavy (non-hydrogen) atoms. The highest BCUT2D eigenvalue weighted by molar-refractivity contribution is 6.99. The minimum Gasteiger partial charge on any atom is -0.407 e. The molecule has 1 aromatic heterocycles. The molecule has 0 fully saturated rings. The van der Waals surface area contributed by atoms with E-state index in [1.54, 1.807) is 13.1 Å². The molecule has 0 aliphatic heterocycles. The molecule has 1 heterocycles. The number of aromatic nitrogens is 1. The molecule has 0 bridgehead atoms. The first-order chi connectivity index (χ1) is 16.7. The van der Waals surface area contributed by atoms with Crippen molar-refractivity contribution in [3.63, 3.8) is 0 Å². The van der Waals surface area contributed by atoms with Crippen LogP contribution in [0.25, 0.3) is 0 Å². The average Bonchev–Trinajstić information content (AvgIpc) is 2.85. The van der Waals surface area contributed by atoms with Gasteiger partial charge >= 0.3 is 0 Å². The van der Waals surface area contributed by atoms with Crippen LogP contribution in [0.2, 0.25) is 5.04 Å². The Bertz CT molecular complexity index is 1090. The summed E-state index contributed by atoms with van der Waals surface area (Å²) in [5.74, 6) is 0.262. The predicted octanol–water partition coefficient (Wildman–Crippen LogP) is 3.88. The summed E-state index contributed by atoms with van der Waals surface area (Å²) in [6.07, 6.45) is 1.70. The topological polar surface area (TPSA) is 87.1 Å². The minimum absolute atomic E-state index is 0.123. The van der Waals surface area contributed by atoms with Crippen LogP contribution in [-0.2, 0) is 9.22 Å². The highest BCUT2D eigenvalue weighted by Crippen LogP contribution is 2.36. The van der Waals surface area contributed by atoms with Crippen molar-refractivity contribution in [2.45, 2.75) is 45.2 Å². The standard InChI is InChI=1S/C28H36N4O2Si/c1-21-16-17-26(31-25(21)20-29)32-27(33)24(30-5)18-19-34-35(28(2,3)4,22-12-8-6-9-13-22)23-14-10-7-11-15-23/h6-17,20,24,29-30H,18-19H2,1-5H3,(H,31,32,33)/t24-/m1/s1. The number of anilines is 1. The van der Waals surface area contributed by atoms with E-state index in [9.17, 15) is 4.79 Å². The summed E-state index contributed by atoms with van der Waals surface area (Å²) in [6.45, 7) is 9.04. The second-order valence-corrected chi connectivity index (χ2v) is 14.0. The maximum absolute atomic E-state index is 13.0. The number of hydrogen-bond donors (Lipinski definition) is 3. The quantitative estimate of drug-likeness (QED) is 0.299. The Morgan fingerprint density at radius 1 is 1.03 bits per heavy atom. The fourth-order valence-corrected chi connectivity index (χ4v) is 9.05. The molecule has 3 N–H and O–H groups in total. The minimum atomic E-state index is -2.65. The third-order valence-electron chi connectivity index (χ3n) is 6.33. The number of nitrogens with one attached hydrogen (secondary N) is 3. The maximum atomic E-state index is 13.0. The number of likely N-dealkylation sites (N-methyl/N-ethyl adjacent to an activating group) is 1. The fourth-order valence-electron chi connectivity index (χ4n) is 4.47. The van der Waals surface area contributed by atoms with Crippen molar-refractivity contribution < 1.29 is 9.22 Å². The van der Waals surface area contributed by atoms with E-state index in [1.165, 1.54) is 16.6 Å². The van der Waals surface area contributed by atoms with E-state index >= 15 is 0 Å². The molecular weight excluding hydrogens is 452 g/mol. The number of rotatable bonds is 10. The van der Waals surface area contributed by atoms with Gasteiger partial charge in [0.15, 0.2) is 0 Å². The van der Waals surface area contributed by atoms with Crippen molar-refractivity contribution >= 4 is 36.6 Å². The Hall–Kier alpha value is -3.13. The molecule has 0 spiro atoms. The van der Waals surface area contributed by atoms with Gasteiger partial charge in [-0.25, -0.2) is 4.98 Å². The van der Waals surface area contributed by atoms with Crippen molar-refractivity contribution in [3.8, 4) is 0 Å². The van der Waals surface area contributed by atoms with Crippen LogP contribution in [-0.4, -0.2) is 45.1 Å². The molecule has 0 radical (unpaired) electrons. The summed E-state index contributed by atoms with van der Waals surface area (Å²) in [5.41, 5.74) is 1.43. The molecule has 184 valence electrons. The highest BCUT2D eigenvalue weighted by atomic mass is 28.4. The van der Waals surface area contributed by atoms with Crippen LogP contribution in [0.3, 0.4) is 0 Å². The molecule has 2 aromatic carbocycles. The van der Waals surface area contributed by atoms with E-state index in [0.717, 1.165) is 5.56 Å². The van der Waals surface area contributed by atoms with Crippen LogP contribution >= 0.6 is 0 Å². The lowest BCUT2D eigenvalue weighted by Gasteiger charge is -2.43. The molecule has 3 aromatic rings. The SMILES string of the molecule is CN[C@H](CCO[Si](c1ccccc1)(c1ccccc1)C(C)(C)C)C(=O)Nc1ccc(C)c(C=N)n1. The van der Waals surface area contributed by atoms with Gasteiger partial charge in [0, 0.05) is 12.8 Å². The lowest BCUT2D eigenvalue weighted by atomic mass is 10.2. The number of hydrogen-bond acceptors (Lipinski definition) is 5. The van der Waals surface area contributed by atoms with Crippen LogP contribution in [0.1, 0.15) is 38.4 Å². The summed E-state index contributed by atoms with van der Waals surface area (Å²) in [7, 11) is -0.877. The van der Waals surface area contributed by atoms with Crippen molar-refractivity contribution in [2.75, 3.05) is 19.0 Å². The molecule has 0 aliphatic rings. The Kier molecular flexibility index (Phi) is 8.72. The summed E-state index contributed by atoms with van der Waals surface area (Å²) in [6, 6.07) is 24.1. The lowest BCUT2D eigenvalue weighted by Crippen LogP contribution is -2.66. The van der Waals surface area contributed by atoms with Crippen LogP contribution < -0.4 is 21.0 Å². The van der Waals surface area contributed by atoms with Gasteiger partial charge in [-0.05, 0) is 47.4 Å². The van der Waals surface area contributed by atoms with Crippen LogP contribution in [0.4, 0.5) is 5.82 Å². The third-order valence-corrected chi connectivity index (χ3v) is 11.4. The van der Waals surface area contributed by atoms with Gasteiger partial charge in [0.2, 0.25) is 5.91 Å². The van der Waals surface area contributed by atoms with E-state index < -0.39 is 14.4 Å². The number of pyridine rings is 1. The number of amides is 1. The second-order valence-electron chi connectivity index (χ2n) is 9.67. The van der Waals surface area contributed by atoms with Crippen molar-refractivity contribution in [1.82, 2.24) is 10.3 Å². The normalized spacial score (nSPS) is 12.7. The monoisotopic (exact) mass is 488 g/mol. The Morgan fingerprint density at radius 3 is 2.09 bits per heavy atom. The smallest absolute Gasteiger partial charge is 0.261 e. The van der Waals surface area contributed by atoms with Gasteiger partial charge in [-0.2, -0.15) is 0 Å². The third kappa shape index (κ3) is 5.93. The molecule has 6 nitrogen and oxygen atoms in total. The summed E-state index contributed by atoms with van der Waals surface area (Å²) in [5, 5.41) is 15.8. The number of carbonyl (C=O) groups is 1. The van der Waals surface area contributed by atoms with Crippen molar-refractivity contribution in [1.29, 1.82) is 5.41 Å². The van der Waals surface area contributed by atoms with Gasteiger partial charge in [-0.1, -0.05) is 87.5 Å². The van der Waals surface area contributed by atoms with Crippen LogP contribution in [0.5, 0.6) is 0 Å². The first kappa shape index (κ1) is 26.5. The van der Waals surface area contributed by atoms with E-state index in [1.807, 2.05) is 25.1 Å². The summed E-state index contributed by atoms with van der Waals surface area (Å²) in [4.78, 5) is 17.4. The van der Waals surface area contributed by atoms with Gasteiger partial charge in [0.25, 0.3) is 8.32 Å². The molecule has 3 rings (SSSR count). The van der Waals surface area contributed by atoms with Crippen molar-refractivity contribution in [3.05, 3.63) is 84.1 Å². The average molecular weight is 489 g/mol. The largest absolute Gasteiger partial charge is 0.407 e. The molecule has 1 amide bonds. The van der Waals surface area contributed by atoms with E-state index in [-0.39, 0.29) is 10.9 Å². The molecular formula is C28H36N4O2Si. The Labute approximate surface area is 209 Å². The van der Waals surface area contributed by atoms with Gasteiger partial charge in [0.1, 0.15) is 5.82 Å². The fraction of sp³-hybridized carbons (Fsp3) is 0.321. The van der Waals surface area contributed by atoms with Gasteiger partial charge in [0.05, 0.1) is 11.7 Å². The van der Waals surface area contributed by atoms with Crippen LogP contribution in [0.15, 0.2) is 72.8 Å². The molecule has 0 aliphatic carbocycles. The molecule has 0 saturated heterocycles. The highest BCUT2D eigenvalue weighted by Gasteiger charge is 2.50. The Balaban J connectivity index is 1.82. The molecule has 0 saturated carbocycles. The van der Waals surface area contributed by atoms with Gasteiger partial charge in [-0.15, -0.1) is 0 Å². The number of carbonyl (C=O) groups excluding carboxylic acids is 1. The van der Waals surface area contributed by atoms with Crippen molar-refractivity contribution in [2.24, 2.45) is 0 Å². The maximum Gasteiger partial charge on any atom is 0.261 e.